The van der Waals surface area contributed by atoms with Gasteiger partial charge in [0.1, 0.15) is 0 Å². The minimum atomic E-state index is -3.76. The van der Waals surface area contributed by atoms with Crippen LogP contribution in [0.2, 0.25) is 0 Å². The first-order chi connectivity index (χ1) is 14.4. The number of sulfonamides is 1. The maximum Gasteiger partial charge on any atom is 0.276 e. The lowest BCUT2D eigenvalue weighted by atomic mass is 10.2. The zero-order valence-corrected chi connectivity index (χ0v) is 19.2. The second kappa shape index (κ2) is 10.7. The van der Waals surface area contributed by atoms with Crippen molar-refractivity contribution in [3.05, 3.63) is 99.8 Å². The van der Waals surface area contributed by atoms with Crippen LogP contribution in [0.4, 0.5) is 0 Å². The lowest BCUT2D eigenvalue weighted by Gasteiger charge is -2.08. The maximum atomic E-state index is 12.4. The minimum Gasteiger partial charge on any atom is -0.200 e. The molecule has 0 unspecified atom stereocenters. The predicted molar refractivity (Wildman–Crippen MR) is 127 cm³/mol. The highest BCUT2D eigenvalue weighted by Gasteiger charge is 2.13. The van der Waals surface area contributed by atoms with Crippen molar-refractivity contribution in [3.63, 3.8) is 0 Å². The number of thioether (sulfide) groups is 2. The van der Waals surface area contributed by atoms with Crippen LogP contribution < -0.4 is 4.83 Å². The molecule has 0 aliphatic carbocycles. The molecular formula is C22H19ClN2O2S3. The molecule has 4 nitrogen and oxygen atoms in total. The van der Waals surface area contributed by atoms with E-state index in [9.17, 15) is 8.42 Å². The Labute approximate surface area is 190 Å². The number of rotatable bonds is 8. The average Bonchev–Trinajstić information content (AvgIpc) is 2.75. The van der Waals surface area contributed by atoms with Gasteiger partial charge in [0.15, 0.2) is 0 Å². The summed E-state index contributed by atoms with van der Waals surface area (Å²) in [5.74, 6) is 0. The fourth-order valence-corrected chi connectivity index (χ4v) is 5.42. The largest absolute Gasteiger partial charge is 0.276 e. The quantitative estimate of drug-likeness (QED) is 0.238. The van der Waals surface area contributed by atoms with E-state index in [1.807, 2.05) is 67.6 Å². The molecule has 0 radical (unpaired) electrons. The van der Waals surface area contributed by atoms with Crippen LogP contribution in [0.15, 0.2) is 114 Å². The van der Waals surface area contributed by atoms with Crippen molar-refractivity contribution in [2.45, 2.75) is 21.6 Å². The second-order valence-electron chi connectivity index (χ2n) is 6.13. The van der Waals surface area contributed by atoms with Crippen LogP contribution in [0.1, 0.15) is 5.56 Å². The van der Waals surface area contributed by atoms with E-state index < -0.39 is 10.0 Å². The molecule has 0 heterocycles. The Bertz CT molecular complexity index is 1090. The van der Waals surface area contributed by atoms with E-state index in [4.69, 9.17) is 11.6 Å². The summed E-state index contributed by atoms with van der Waals surface area (Å²) < 4.78 is 25.5. The smallest absolute Gasteiger partial charge is 0.200 e. The van der Waals surface area contributed by atoms with Crippen LogP contribution in [0, 0.1) is 6.92 Å². The Morgan fingerprint density at radius 3 is 1.87 bits per heavy atom. The SMILES string of the molecule is Cc1ccc(S(=O)(=O)N/N=C\C(Cl)=C(Sc2ccccc2)Sc2ccccc2)cc1. The maximum absolute atomic E-state index is 12.4. The zero-order chi connectivity index (χ0) is 21.4. The van der Waals surface area contributed by atoms with E-state index in [-0.39, 0.29) is 4.90 Å². The number of hydrogen-bond donors (Lipinski definition) is 1. The van der Waals surface area contributed by atoms with Crippen molar-refractivity contribution in [2.24, 2.45) is 5.10 Å². The van der Waals surface area contributed by atoms with Crippen molar-refractivity contribution in [3.8, 4) is 0 Å². The molecule has 0 aliphatic rings. The highest BCUT2D eigenvalue weighted by atomic mass is 35.5. The fourth-order valence-electron chi connectivity index (χ4n) is 2.28. The van der Waals surface area contributed by atoms with E-state index in [1.165, 1.54) is 41.9 Å². The Kier molecular flexibility index (Phi) is 8.04. The van der Waals surface area contributed by atoms with Gasteiger partial charge in [0.05, 0.1) is 20.4 Å². The third-order valence-electron chi connectivity index (χ3n) is 3.78. The molecule has 0 amide bonds. The van der Waals surface area contributed by atoms with Crippen molar-refractivity contribution in [2.75, 3.05) is 0 Å². The topological polar surface area (TPSA) is 58.5 Å². The van der Waals surface area contributed by atoms with Gasteiger partial charge < -0.3 is 0 Å². The molecule has 3 aromatic carbocycles. The third kappa shape index (κ3) is 6.67. The first kappa shape index (κ1) is 22.5. The first-order valence-electron chi connectivity index (χ1n) is 8.91. The van der Waals surface area contributed by atoms with E-state index in [1.54, 1.807) is 12.1 Å². The van der Waals surface area contributed by atoms with Gasteiger partial charge in [0.25, 0.3) is 10.0 Å². The van der Waals surface area contributed by atoms with E-state index in [2.05, 4.69) is 9.93 Å². The number of hydrogen-bond acceptors (Lipinski definition) is 5. The highest BCUT2D eigenvalue weighted by molar-refractivity contribution is 8.22. The molecule has 0 aliphatic heterocycles. The molecule has 0 saturated carbocycles. The Hall–Kier alpha value is -2.19. The van der Waals surface area contributed by atoms with E-state index in [0.717, 1.165) is 19.6 Å². The number of benzene rings is 3. The van der Waals surface area contributed by atoms with Crippen molar-refractivity contribution in [1.29, 1.82) is 0 Å². The summed E-state index contributed by atoms with van der Waals surface area (Å²) in [5, 5.41) is 4.20. The van der Waals surface area contributed by atoms with Gasteiger partial charge in [-0.3, -0.25) is 0 Å². The normalized spacial score (nSPS) is 11.4. The summed E-state index contributed by atoms with van der Waals surface area (Å²) >= 11 is 9.48. The van der Waals surface area contributed by atoms with Crippen molar-refractivity contribution in [1.82, 2.24) is 4.83 Å². The molecule has 0 saturated heterocycles. The summed E-state index contributed by atoms with van der Waals surface area (Å²) in [6.07, 6.45) is 1.31. The monoisotopic (exact) mass is 474 g/mol. The number of hydrazone groups is 1. The molecule has 8 heteroatoms. The zero-order valence-electron chi connectivity index (χ0n) is 16.0. The Balaban J connectivity index is 1.80. The fraction of sp³-hybridized carbons (Fsp3) is 0.0455. The highest BCUT2D eigenvalue weighted by Crippen LogP contribution is 2.41. The molecular weight excluding hydrogens is 456 g/mol. The molecule has 3 rings (SSSR count). The molecule has 0 fully saturated rings. The van der Waals surface area contributed by atoms with Gasteiger partial charge >= 0.3 is 0 Å². The number of aryl methyl sites for hydroxylation is 1. The summed E-state index contributed by atoms with van der Waals surface area (Å²) in [6.45, 7) is 1.89. The van der Waals surface area contributed by atoms with Crippen LogP contribution >= 0.6 is 35.1 Å². The van der Waals surface area contributed by atoms with Gasteiger partial charge in [-0.15, -0.1) is 0 Å². The molecule has 30 heavy (non-hydrogen) atoms. The third-order valence-corrected chi connectivity index (χ3v) is 7.86. The number of halogens is 1. The van der Waals surface area contributed by atoms with E-state index >= 15 is 0 Å². The number of nitrogens with one attached hydrogen (secondary N) is 1. The van der Waals surface area contributed by atoms with Crippen molar-refractivity contribution >= 4 is 51.4 Å². The van der Waals surface area contributed by atoms with Crippen LogP contribution in [0.3, 0.4) is 0 Å². The Morgan fingerprint density at radius 2 is 1.37 bits per heavy atom. The van der Waals surface area contributed by atoms with Gasteiger partial charge in [-0.25, -0.2) is 4.83 Å². The van der Waals surface area contributed by atoms with Crippen molar-refractivity contribution < 1.29 is 8.42 Å². The summed E-state index contributed by atoms with van der Waals surface area (Å²) in [5.41, 5.74) is 0.976. The Morgan fingerprint density at radius 1 is 0.867 bits per heavy atom. The number of nitrogens with zero attached hydrogens (tertiary/aromatic N) is 1. The summed E-state index contributed by atoms with van der Waals surface area (Å²) in [7, 11) is -3.76. The number of allylic oxidation sites excluding steroid dienone is 1. The van der Waals surface area contributed by atoms with Gasteiger partial charge in [-0.05, 0) is 43.3 Å². The van der Waals surface area contributed by atoms with Gasteiger partial charge in [-0.1, -0.05) is 89.2 Å². The van der Waals surface area contributed by atoms with Gasteiger partial charge in [-0.2, -0.15) is 13.5 Å². The summed E-state index contributed by atoms with van der Waals surface area (Å²) in [6, 6.07) is 26.2. The molecule has 0 spiro atoms. The van der Waals surface area contributed by atoms with Crippen LogP contribution in [0.5, 0.6) is 0 Å². The molecule has 1 N–H and O–H groups in total. The van der Waals surface area contributed by atoms with Crippen LogP contribution in [-0.4, -0.2) is 14.6 Å². The molecule has 3 aromatic rings. The summed E-state index contributed by atoms with van der Waals surface area (Å²) in [4.78, 5) is 4.39. The van der Waals surface area contributed by atoms with E-state index in [0.29, 0.717) is 5.03 Å². The lowest BCUT2D eigenvalue weighted by Crippen LogP contribution is -2.18. The molecule has 0 bridgehead atoms. The molecule has 0 aromatic heterocycles. The first-order valence-corrected chi connectivity index (χ1v) is 12.4. The average molecular weight is 475 g/mol. The van der Waals surface area contributed by atoms with Gasteiger partial charge in [0.2, 0.25) is 0 Å². The molecule has 154 valence electrons. The lowest BCUT2D eigenvalue weighted by molar-refractivity contribution is 0.584. The van der Waals surface area contributed by atoms with Crippen LogP contribution in [0.25, 0.3) is 0 Å². The standard InChI is InChI=1S/C22H19ClN2O2S3/c1-17-12-14-20(15-13-17)30(26,27)25-24-16-21(23)22(28-18-8-4-2-5-9-18)29-19-10-6-3-7-11-19/h2-16,25H,1H3/b24-16-. The predicted octanol–water partition coefficient (Wildman–Crippen LogP) is 6.25. The second-order valence-corrected chi connectivity index (χ2v) is 10.6. The molecule has 0 atom stereocenters. The van der Waals surface area contributed by atoms with Gasteiger partial charge in [0, 0.05) is 9.79 Å². The van der Waals surface area contributed by atoms with Crippen LogP contribution in [-0.2, 0) is 10.0 Å². The minimum absolute atomic E-state index is 0.142.